The number of hydrogen-bond acceptors (Lipinski definition) is 5. The third-order valence-electron chi connectivity index (χ3n) is 5.09. The summed E-state index contributed by atoms with van der Waals surface area (Å²) in [5.74, 6) is -1.74. The van der Waals surface area contributed by atoms with E-state index in [0.717, 1.165) is 11.6 Å². The van der Waals surface area contributed by atoms with Crippen LogP contribution in [0.4, 0.5) is 4.79 Å². The molecule has 2 N–H and O–H groups in total. The first-order valence-corrected chi connectivity index (χ1v) is 9.42. The van der Waals surface area contributed by atoms with Crippen LogP contribution < -0.4 is 16.2 Å². The number of aryl methyl sites for hydroxylation is 1. The average molecular weight is 405 g/mol. The molecule has 0 spiro atoms. The summed E-state index contributed by atoms with van der Waals surface area (Å²) < 4.78 is 5.46. The molecule has 0 saturated carbocycles. The van der Waals surface area contributed by atoms with Crippen LogP contribution in [0.2, 0.25) is 0 Å². The lowest BCUT2D eigenvalue weighted by atomic mass is 9.93. The third kappa shape index (κ3) is 3.55. The average Bonchev–Trinajstić information content (AvgIpc) is 2.96. The zero-order valence-electron chi connectivity index (χ0n) is 16.2. The van der Waals surface area contributed by atoms with Crippen molar-refractivity contribution in [3.05, 3.63) is 82.2 Å². The highest BCUT2D eigenvalue weighted by Gasteiger charge is 2.48. The fraction of sp³-hybridized carbons (Fsp3) is 0.182. The first-order chi connectivity index (χ1) is 14.4. The van der Waals surface area contributed by atoms with Gasteiger partial charge in [-0.2, -0.15) is 5.01 Å². The van der Waals surface area contributed by atoms with Crippen molar-refractivity contribution in [2.24, 2.45) is 0 Å². The predicted molar refractivity (Wildman–Crippen MR) is 108 cm³/mol. The Morgan fingerprint density at radius 2 is 1.77 bits per heavy atom. The molecule has 0 bridgehead atoms. The van der Waals surface area contributed by atoms with Gasteiger partial charge in [-0.25, -0.2) is 10.2 Å². The molecular formula is C22H19N3O5. The lowest BCUT2D eigenvalue weighted by molar-refractivity contribution is -0.132. The molecule has 1 fully saturated rings. The van der Waals surface area contributed by atoms with Crippen molar-refractivity contribution < 1.29 is 18.8 Å². The Morgan fingerprint density at radius 3 is 2.53 bits per heavy atom. The van der Waals surface area contributed by atoms with E-state index in [1.165, 1.54) is 0 Å². The number of fused-ring (bicyclic) bond motifs is 1. The number of carbonyl (C=O) groups excluding carboxylic acids is 3. The van der Waals surface area contributed by atoms with Crippen LogP contribution in [0, 0.1) is 0 Å². The van der Waals surface area contributed by atoms with Gasteiger partial charge in [-0.05, 0) is 37.5 Å². The van der Waals surface area contributed by atoms with Crippen molar-refractivity contribution >= 4 is 28.8 Å². The predicted octanol–water partition coefficient (Wildman–Crippen LogP) is 2.38. The van der Waals surface area contributed by atoms with Crippen molar-refractivity contribution in [1.29, 1.82) is 0 Å². The molecule has 1 aliphatic heterocycles. The Labute approximate surface area is 171 Å². The van der Waals surface area contributed by atoms with Crippen LogP contribution in [0.25, 0.3) is 11.0 Å². The number of benzene rings is 2. The largest absolute Gasteiger partial charge is 0.451 e. The van der Waals surface area contributed by atoms with Crippen molar-refractivity contribution in [1.82, 2.24) is 15.8 Å². The van der Waals surface area contributed by atoms with E-state index in [9.17, 15) is 19.2 Å². The maximum atomic E-state index is 12.8. The van der Waals surface area contributed by atoms with Crippen molar-refractivity contribution in [2.75, 3.05) is 0 Å². The summed E-state index contributed by atoms with van der Waals surface area (Å²) in [5, 5.41) is 3.59. The van der Waals surface area contributed by atoms with Crippen molar-refractivity contribution in [2.45, 2.75) is 25.3 Å². The van der Waals surface area contributed by atoms with Crippen LogP contribution in [0.1, 0.15) is 29.5 Å². The van der Waals surface area contributed by atoms with Crippen LogP contribution in [0.15, 0.2) is 69.9 Å². The quantitative estimate of drug-likeness (QED) is 0.634. The molecule has 0 aliphatic carbocycles. The smallest absolute Gasteiger partial charge is 0.344 e. The molecule has 1 atom stereocenters. The molecule has 152 valence electrons. The minimum Gasteiger partial charge on any atom is -0.451 e. The van der Waals surface area contributed by atoms with E-state index >= 15 is 0 Å². The molecule has 1 aromatic heterocycles. The molecular weight excluding hydrogens is 386 g/mol. The fourth-order valence-electron chi connectivity index (χ4n) is 3.37. The highest BCUT2D eigenvalue weighted by Crippen LogP contribution is 2.22. The summed E-state index contributed by atoms with van der Waals surface area (Å²) in [6, 6.07) is 16.4. The number of imide groups is 1. The summed E-state index contributed by atoms with van der Waals surface area (Å²) in [6.07, 6.45) is 0.934. The molecule has 8 nitrogen and oxygen atoms in total. The zero-order chi connectivity index (χ0) is 21.3. The zero-order valence-corrected chi connectivity index (χ0v) is 16.2. The monoisotopic (exact) mass is 405 g/mol. The van der Waals surface area contributed by atoms with E-state index in [2.05, 4.69) is 10.7 Å². The van der Waals surface area contributed by atoms with Gasteiger partial charge in [0.1, 0.15) is 11.1 Å². The maximum absolute atomic E-state index is 12.8. The lowest BCUT2D eigenvalue weighted by Crippen LogP contribution is -2.49. The number of nitrogens with zero attached hydrogens (tertiary/aromatic N) is 1. The SMILES string of the molecule is C[C@]1(CCc2ccccc2)NC(=O)N(NC(=O)c2cc(=O)c3ccccc3o2)C1=O. The maximum Gasteiger partial charge on any atom is 0.344 e. The minimum absolute atomic E-state index is 0.236. The number of nitrogens with one attached hydrogen (secondary N) is 2. The van der Waals surface area contributed by atoms with Gasteiger partial charge < -0.3 is 9.73 Å². The minimum atomic E-state index is -1.16. The van der Waals surface area contributed by atoms with E-state index < -0.39 is 28.8 Å². The van der Waals surface area contributed by atoms with Gasteiger partial charge >= 0.3 is 11.9 Å². The second-order valence-corrected chi connectivity index (χ2v) is 7.30. The molecule has 8 heteroatoms. The molecule has 4 amide bonds. The summed E-state index contributed by atoms with van der Waals surface area (Å²) >= 11 is 0. The van der Waals surface area contributed by atoms with E-state index in [0.29, 0.717) is 23.2 Å². The summed E-state index contributed by atoms with van der Waals surface area (Å²) in [4.78, 5) is 49.9. The fourth-order valence-corrected chi connectivity index (χ4v) is 3.37. The van der Waals surface area contributed by atoms with Crippen LogP contribution in [0.5, 0.6) is 0 Å². The molecule has 1 aliphatic rings. The number of hydrogen-bond donors (Lipinski definition) is 2. The van der Waals surface area contributed by atoms with Gasteiger partial charge in [0.2, 0.25) is 0 Å². The van der Waals surface area contributed by atoms with Gasteiger partial charge in [0.25, 0.3) is 5.91 Å². The molecule has 0 unspecified atom stereocenters. The highest BCUT2D eigenvalue weighted by molar-refractivity contribution is 6.08. The second-order valence-electron chi connectivity index (χ2n) is 7.30. The number of urea groups is 1. The van der Waals surface area contributed by atoms with E-state index in [4.69, 9.17) is 4.42 Å². The van der Waals surface area contributed by atoms with Gasteiger partial charge in [-0.15, -0.1) is 0 Å². The first kappa shape index (κ1) is 19.4. The number of rotatable bonds is 5. The number of para-hydroxylation sites is 1. The molecule has 3 aromatic rings. The summed E-state index contributed by atoms with van der Waals surface area (Å²) in [7, 11) is 0. The van der Waals surface area contributed by atoms with E-state index in [1.54, 1.807) is 31.2 Å². The molecule has 2 heterocycles. The number of hydrazine groups is 1. The van der Waals surface area contributed by atoms with Gasteiger partial charge in [0.15, 0.2) is 11.2 Å². The van der Waals surface area contributed by atoms with E-state index in [1.807, 2.05) is 30.3 Å². The Hall–Kier alpha value is -3.94. The van der Waals surface area contributed by atoms with Gasteiger partial charge in [-0.3, -0.25) is 14.4 Å². The molecule has 0 radical (unpaired) electrons. The molecule has 2 aromatic carbocycles. The Bertz CT molecular complexity index is 1200. The van der Waals surface area contributed by atoms with Crippen LogP contribution in [-0.2, 0) is 11.2 Å². The molecule has 1 saturated heterocycles. The van der Waals surface area contributed by atoms with Crippen molar-refractivity contribution in [3.63, 3.8) is 0 Å². The standard InChI is InChI=1S/C22H19N3O5/c1-22(12-11-14-7-3-2-4-8-14)20(28)25(21(29)23-22)24-19(27)18-13-16(26)15-9-5-6-10-17(15)30-18/h2-10,13H,11-12H2,1H3,(H,23,29)(H,24,27)/t22-/m1/s1. The third-order valence-corrected chi connectivity index (χ3v) is 5.09. The normalized spacial score (nSPS) is 18.5. The topological polar surface area (TPSA) is 109 Å². The van der Waals surface area contributed by atoms with Crippen molar-refractivity contribution in [3.8, 4) is 0 Å². The summed E-state index contributed by atoms with van der Waals surface area (Å²) in [5.41, 5.74) is 1.95. The Morgan fingerprint density at radius 1 is 1.07 bits per heavy atom. The Balaban J connectivity index is 1.50. The second kappa shape index (κ2) is 7.47. The molecule has 4 rings (SSSR count). The Kier molecular flexibility index (Phi) is 4.83. The highest BCUT2D eigenvalue weighted by atomic mass is 16.3. The van der Waals surface area contributed by atoms with Gasteiger partial charge in [-0.1, -0.05) is 42.5 Å². The summed E-state index contributed by atoms with van der Waals surface area (Å²) in [6.45, 7) is 1.61. The van der Waals surface area contributed by atoms with Crippen LogP contribution in [-0.4, -0.2) is 28.4 Å². The van der Waals surface area contributed by atoms with E-state index in [-0.39, 0.29) is 11.3 Å². The van der Waals surface area contributed by atoms with Gasteiger partial charge in [0, 0.05) is 6.07 Å². The van der Waals surface area contributed by atoms with Crippen LogP contribution >= 0.6 is 0 Å². The molecule has 30 heavy (non-hydrogen) atoms. The first-order valence-electron chi connectivity index (χ1n) is 9.42. The van der Waals surface area contributed by atoms with Crippen LogP contribution in [0.3, 0.4) is 0 Å². The number of amides is 4. The van der Waals surface area contributed by atoms with Gasteiger partial charge in [0.05, 0.1) is 5.39 Å². The lowest BCUT2D eigenvalue weighted by Gasteiger charge is -2.21. The number of carbonyl (C=O) groups is 3.